The lowest BCUT2D eigenvalue weighted by molar-refractivity contribution is -0.0611. The van der Waals surface area contributed by atoms with Crippen LogP contribution in [0.4, 0.5) is 0 Å². The van der Waals surface area contributed by atoms with Crippen molar-refractivity contribution in [2.45, 2.75) is 39.0 Å². The number of hydrogen-bond donors (Lipinski definition) is 0. The topological polar surface area (TPSA) is 63.2 Å². The van der Waals surface area contributed by atoms with Crippen LogP contribution in [0.25, 0.3) is 0 Å². The molecule has 6 nitrogen and oxygen atoms in total. The second kappa shape index (κ2) is 13.4. The van der Waals surface area contributed by atoms with Crippen LogP contribution in [-0.4, -0.2) is 25.9 Å². The molecule has 2 atom stereocenters. The fraction of sp³-hybridized carbons (Fsp3) is 0.308. The van der Waals surface area contributed by atoms with E-state index in [4.69, 9.17) is 23.0 Å². The van der Waals surface area contributed by atoms with E-state index in [1.54, 1.807) is 14.0 Å². The molecule has 0 amide bonds. The first-order chi connectivity index (χ1) is 16.1. The molecule has 0 radical (unpaired) electrons. The van der Waals surface area contributed by atoms with Gasteiger partial charge in [0.25, 0.3) is 0 Å². The molecule has 1 unspecified atom stereocenters. The quantitative estimate of drug-likeness (QED) is 0.263. The minimum Gasteiger partial charge on any atom is -0.376 e. The summed E-state index contributed by atoms with van der Waals surface area (Å²) in [5.74, 6) is 0. The third kappa shape index (κ3) is 8.86. The van der Waals surface area contributed by atoms with Crippen LogP contribution in [0.3, 0.4) is 0 Å². The molecular formula is C26H31O6P. The monoisotopic (exact) mass is 470 g/mol. The van der Waals surface area contributed by atoms with Gasteiger partial charge in [-0.2, -0.15) is 0 Å². The van der Waals surface area contributed by atoms with Crippen LogP contribution in [-0.2, 0) is 47.4 Å². The van der Waals surface area contributed by atoms with Gasteiger partial charge in [0.1, 0.15) is 6.10 Å². The lowest BCUT2D eigenvalue weighted by atomic mass is 10.2. The van der Waals surface area contributed by atoms with E-state index in [1.807, 2.05) is 91.0 Å². The molecule has 0 heterocycles. The summed E-state index contributed by atoms with van der Waals surface area (Å²) in [5.41, 5.74) is 2.79. The summed E-state index contributed by atoms with van der Waals surface area (Å²) in [6.07, 6.45) is -1.05. The van der Waals surface area contributed by atoms with Crippen LogP contribution in [0.15, 0.2) is 91.0 Å². The summed E-state index contributed by atoms with van der Waals surface area (Å²) >= 11 is 0. The Morgan fingerprint density at radius 3 is 1.55 bits per heavy atom. The van der Waals surface area contributed by atoms with Crippen molar-refractivity contribution in [1.82, 2.24) is 0 Å². The second-order valence-electron chi connectivity index (χ2n) is 7.55. The van der Waals surface area contributed by atoms with E-state index in [-0.39, 0.29) is 19.8 Å². The van der Waals surface area contributed by atoms with E-state index in [0.717, 1.165) is 16.7 Å². The molecule has 0 spiro atoms. The van der Waals surface area contributed by atoms with Gasteiger partial charge < -0.3 is 9.47 Å². The molecule has 3 aromatic rings. The summed E-state index contributed by atoms with van der Waals surface area (Å²) in [7, 11) is -2.33. The Labute approximate surface area is 196 Å². The number of benzene rings is 3. The fourth-order valence-corrected chi connectivity index (χ4v) is 4.44. The minimum atomic E-state index is -3.90. The van der Waals surface area contributed by atoms with Crippen LogP contribution in [0.5, 0.6) is 0 Å². The number of ether oxygens (including phenoxy) is 2. The first-order valence-electron chi connectivity index (χ1n) is 10.9. The molecule has 0 aliphatic carbocycles. The predicted molar refractivity (Wildman–Crippen MR) is 128 cm³/mol. The van der Waals surface area contributed by atoms with Gasteiger partial charge in [-0.1, -0.05) is 91.0 Å². The number of phosphoric acid groups is 1. The van der Waals surface area contributed by atoms with Crippen LogP contribution in [0, 0.1) is 0 Å². The highest BCUT2D eigenvalue weighted by Gasteiger charge is 2.33. The Morgan fingerprint density at radius 2 is 1.12 bits per heavy atom. The molecule has 0 saturated heterocycles. The van der Waals surface area contributed by atoms with Crippen molar-refractivity contribution in [2.24, 2.45) is 0 Å². The van der Waals surface area contributed by atoms with Crippen LogP contribution in [0.2, 0.25) is 0 Å². The Kier molecular flexibility index (Phi) is 10.3. The third-order valence-electron chi connectivity index (χ3n) is 4.98. The van der Waals surface area contributed by atoms with Crippen molar-refractivity contribution >= 4 is 7.82 Å². The molecule has 0 aliphatic heterocycles. The molecule has 176 valence electrons. The van der Waals surface area contributed by atoms with Crippen molar-refractivity contribution in [2.75, 3.05) is 13.7 Å². The first-order valence-corrected chi connectivity index (χ1v) is 12.3. The highest BCUT2D eigenvalue weighted by Crippen LogP contribution is 2.52. The Morgan fingerprint density at radius 1 is 0.697 bits per heavy atom. The number of methoxy groups -OCH3 is 1. The Hall–Kier alpha value is -2.31. The minimum absolute atomic E-state index is 0.0990. The maximum atomic E-state index is 13.5. The number of rotatable bonds is 14. The zero-order chi connectivity index (χ0) is 23.4. The molecule has 33 heavy (non-hydrogen) atoms. The molecule has 0 bridgehead atoms. The zero-order valence-electron chi connectivity index (χ0n) is 19.0. The van der Waals surface area contributed by atoms with E-state index in [9.17, 15) is 4.57 Å². The van der Waals surface area contributed by atoms with E-state index < -0.39 is 20.0 Å². The number of hydrogen-bond acceptors (Lipinski definition) is 6. The van der Waals surface area contributed by atoms with Crippen molar-refractivity contribution in [3.05, 3.63) is 108 Å². The summed E-state index contributed by atoms with van der Waals surface area (Å²) in [5, 5.41) is 0. The highest BCUT2D eigenvalue weighted by atomic mass is 31.2. The van der Waals surface area contributed by atoms with Gasteiger partial charge in [0.2, 0.25) is 0 Å². The second-order valence-corrected chi connectivity index (χ2v) is 9.17. The summed E-state index contributed by atoms with van der Waals surface area (Å²) in [4.78, 5) is 0. The van der Waals surface area contributed by atoms with Crippen LogP contribution >= 0.6 is 7.82 Å². The molecule has 0 aliphatic rings. The average Bonchev–Trinajstić information content (AvgIpc) is 2.86. The highest BCUT2D eigenvalue weighted by molar-refractivity contribution is 7.48. The smallest absolute Gasteiger partial charge is 0.376 e. The molecular weight excluding hydrogens is 439 g/mol. The van der Waals surface area contributed by atoms with Crippen molar-refractivity contribution < 1.29 is 27.6 Å². The third-order valence-corrected chi connectivity index (χ3v) is 6.46. The Bertz CT molecular complexity index is 920. The van der Waals surface area contributed by atoms with Crippen molar-refractivity contribution in [3.8, 4) is 0 Å². The Balaban J connectivity index is 1.61. The first kappa shape index (κ1) is 25.3. The van der Waals surface area contributed by atoms with Gasteiger partial charge in [-0.25, -0.2) is 4.57 Å². The molecule has 0 fully saturated rings. The van der Waals surface area contributed by atoms with Crippen molar-refractivity contribution in [1.29, 1.82) is 0 Å². The van der Waals surface area contributed by atoms with Gasteiger partial charge in [-0.3, -0.25) is 13.6 Å². The lowest BCUT2D eigenvalue weighted by Gasteiger charge is -2.27. The summed E-state index contributed by atoms with van der Waals surface area (Å²) in [6, 6.07) is 28.8. The summed E-state index contributed by atoms with van der Waals surface area (Å²) < 4.78 is 42.1. The SMILES string of the molecule is COC(COCc1ccccc1)[C@H](C)OP(=O)(OCc1ccccc1)OCc1ccccc1. The molecule has 7 heteroatoms. The van der Waals surface area contributed by atoms with Gasteiger partial charge in [0, 0.05) is 7.11 Å². The molecule has 3 aromatic carbocycles. The maximum absolute atomic E-state index is 13.5. The van der Waals surface area contributed by atoms with E-state index in [2.05, 4.69) is 0 Å². The normalized spacial score (nSPS) is 13.5. The van der Waals surface area contributed by atoms with Crippen LogP contribution in [0.1, 0.15) is 23.6 Å². The van der Waals surface area contributed by atoms with E-state index in [1.165, 1.54) is 0 Å². The largest absolute Gasteiger partial charge is 0.475 e. The average molecular weight is 471 g/mol. The summed E-state index contributed by atoms with van der Waals surface area (Å²) in [6.45, 7) is 2.68. The fourth-order valence-electron chi connectivity index (χ4n) is 3.09. The van der Waals surface area contributed by atoms with Gasteiger partial charge >= 0.3 is 7.82 Å². The van der Waals surface area contributed by atoms with Crippen molar-refractivity contribution in [3.63, 3.8) is 0 Å². The molecule has 0 saturated carbocycles. The zero-order valence-corrected chi connectivity index (χ0v) is 19.9. The predicted octanol–water partition coefficient (Wildman–Crippen LogP) is 6.17. The maximum Gasteiger partial charge on any atom is 0.475 e. The van der Waals surface area contributed by atoms with E-state index in [0.29, 0.717) is 6.61 Å². The molecule has 3 rings (SSSR count). The van der Waals surface area contributed by atoms with E-state index >= 15 is 0 Å². The molecule has 0 aromatic heterocycles. The lowest BCUT2D eigenvalue weighted by Crippen LogP contribution is -2.32. The van der Waals surface area contributed by atoms with Gasteiger partial charge in [0.05, 0.1) is 32.5 Å². The van der Waals surface area contributed by atoms with Gasteiger partial charge in [0.15, 0.2) is 0 Å². The van der Waals surface area contributed by atoms with Gasteiger partial charge in [-0.15, -0.1) is 0 Å². The molecule has 0 N–H and O–H groups in total. The standard InChI is InChI=1S/C26H31O6P/c1-22(26(28-2)21-29-18-23-12-6-3-7-13-23)32-33(27,30-19-24-14-8-4-9-15-24)31-20-25-16-10-5-11-17-25/h3-17,22,26H,18-21H2,1-2H3/t22-,26?/m0/s1. The van der Waals surface area contributed by atoms with Gasteiger partial charge in [-0.05, 0) is 23.6 Å². The van der Waals surface area contributed by atoms with Crippen LogP contribution < -0.4 is 0 Å². The number of phosphoric ester groups is 1.